The highest BCUT2D eigenvalue weighted by Gasteiger charge is 2.35. The van der Waals surface area contributed by atoms with Crippen LogP contribution in [0.3, 0.4) is 0 Å². The van der Waals surface area contributed by atoms with Gasteiger partial charge in [0.05, 0.1) is 13.2 Å². The number of halogens is 1. The fourth-order valence-electron chi connectivity index (χ4n) is 2.18. The second-order valence-corrected chi connectivity index (χ2v) is 5.81. The first-order valence-corrected chi connectivity index (χ1v) is 7.03. The monoisotopic (exact) mass is 297 g/mol. The van der Waals surface area contributed by atoms with E-state index in [4.69, 9.17) is 21.1 Å². The summed E-state index contributed by atoms with van der Waals surface area (Å²) in [5, 5.41) is 0.693. The normalized spacial score (nSPS) is 20.0. The molecule has 1 amide bonds. The van der Waals surface area contributed by atoms with E-state index in [-0.39, 0.29) is 12.0 Å². The van der Waals surface area contributed by atoms with Gasteiger partial charge in [-0.15, -0.1) is 0 Å². The van der Waals surface area contributed by atoms with Crippen LogP contribution in [-0.2, 0) is 14.3 Å². The molecular formula is C15H20ClNO3. The van der Waals surface area contributed by atoms with Gasteiger partial charge >= 0.3 is 0 Å². The van der Waals surface area contributed by atoms with Crippen molar-refractivity contribution in [2.24, 2.45) is 0 Å². The van der Waals surface area contributed by atoms with Crippen LogP contribution in [0, 0.1) is 0 Å². The Hall–Kier alpha value is -1.10. The van der Waals surface area contributed by atoms with Crippen molar-refractivity contribution in [3.05, 3.63) is 34.9 Å². The summed E-state index contributed by atoms with van der Waals surface area (Å²) < 4.78 is 11.0. The summed E-state index contributed by atoms with van der Waals surface area (Å²) in [6, 6.07) is 7.53. The summed E-state index contributed by atoms with van der Waals surface area (Å²) >= 11 is 5.89. The molecule has 0 bridgehead atoms. The molecule has 20 heavy (non-hydrogen) atoms. The summed E-state index contributed by atoms with van der Waals surface area (Å²) in [4.78, 5) is 14.2. The third kappa shape index (κ3) is 3.32. The number of nitrogens with zero attached hydrogens (tertiary/aromatic N) is 1. The molecule has 1 aromatic carbocycles. The van der Waals surface area contributed by atoms with Crippen molar-refractivity contribution in [2.45, 2.75) is 25.6 Å². The van der Waals surface area contributed by atoms with Gasteiger partial charge in [0.2, 0.25) is 0 Å². The van der Waals surface area contributed by atoms with Gasteiger partial charge in [-0.1, -0.05) is 23.7 Å². The van der Waals surface area contributed by atoms with E-state index in [0.717, 1.165) is 5.56 Å². The lowest BCUT2D eigenvalue weighted by atomic mass is 10.0. The van der Waals surface area contributed by atoms with Gasteiger partial charge in [-0.3, -0.25) is 4.79 Å². The first kappa shape index (κ1) is 15.3. The molecule has 1 heterocycles. The van der Waals surface area contributed by atoms with Gasteiger partial charge in [0.25, 0.3) is 5.91 Å². The number of ether oxygens (including phenoxy) is 2. The maximum Gasteiger partial charge on any atom is 0.254 e. The van der Waals surface area contributed by atoms with E-state index in [9.17, 15) is 4.79 Å². The molecule has 1 atom stereocenters. The zero-order valence-electron chi connectivity index (χ0n) is 12.1. The first-order chi connectivity index (χ1) is 9.44. The molecule has 0 radical (unpaired) electrons. The van der Waals surface area contributed by atoms with Gasteiger partial charge in [-0.25, -0.2) is 0 Å². The average molecular weight is 298 g/mol. The van der Waals surface area contributed by atoms with E-state index < -0.39 is 5.60 Å². The Bertz CT molecular complexity index is 473. The topological polar surface area (TPSA) is 38.8 Å². The van der Waals surface area contributed by atoms with Crippen LogP contribution in [0.15, 0.2) is 24.3 Å². The highest BCUT2D eigenvalue weighted by molar-refractivity contribution is 6.30. The van der Waals surface area contributed by atoms with Crippen LogP contribution < -0.4 is 0 Å². The molecule has 1 aliphatic rings. The number of carbonyl (C=O) groups excluding carboxylic acids is 1. The van der Waals surface area contributed by atoms with Crippen molar-refractivity contribution in [1.29, 1.82) is 0 Å². The Labute approximate surface area is 124 Å². The number of methoxy groups -OCH3 is 1. The predicted molar refractivity (Wildman–Crippen MR) is 77.8 cm³/mol. The van der Waals surface area contributed by atoms with Crippen molar-refractivity contribution in [2.75, 3.05) is 26.8 Å². The van der Waals surface area contributed by atoms with Crippen molar-refractivity contribution in [3.8, 4) is 0 Å². The van der Waals surface area contributed by atoms with E-state index in [1.807, 2.05) is 24.3 Å². The Morgan fingerprint density at radius 2 is 2.05 bits per heavy atom. The molecule has 2 rings (SSSR count). The minimum absolute atomic E-state index is 0.0118. The number of carbonyl (C=O) groups is 1. The number of morpholine rings is 1. The molecule has 0 N–H and O–H groups in total. The fraction of sp³-hybridized carbons (Fsp3) is 0.533. The van der Waals surface area contributed by atoms with Gasteiger partial charge in [-0.2, -0.15) is 0 Å². The van der Waals surface area contributed by atoms with Crippen molar-refractivity contribution in [1.82, 2.24) is 4.90 Å². The van der Waals surface area contributed by atoms with E-state index in [2.05, 4.69) is 0 Å². The Balaban J connectivity index is 2.09. The van der Waals surface area contributed by atoms with Crippen LogP contribution in [0.1, 0.15) is 25.5 Å². The number of hydrogen-bond donors (Lipinski definition) is 0. The summed E-state index contributed by atoms with van der Waals surface area (Å²) in [7, 11) is 1.55. The summed E-state index contributed by atoms with van der Waals surface area (Å²) in [5.74, 6) is -0.0118. The molecule has 1 aromatic rings. The van der Waals surface area contributed by atoms with Crippen LogP contribution in [0.5, 0.6) is 0 Å². The molecule has 1 unspecified atom stereocenters. The summed E-state index contributed by atoms with van der Waals surface area (Å²) in [6.07, 6.45) is -0.113. The zero-order valence-corrected chi connectivity index (χ0v) is 12.8. The molecule has 1 saturated heterocycles. The first-order valence-electron chi connectivity index (χ1n) is 6.65. The lowest BCUT2D eigenvalue weighted by molar-refractivity contribution is -0.158. The number of benzene rings is 1. The maximum atomic E-state index is 12.4. The molecule has 0 saturated carbocycles. The second-order valence-electron chi connectivity index (χ2n) is 5.38. The average Bonchev–Trinajstić information content (AvgIpc) is 2.47. The number of rotatable bonds is 3. The highest BCUT2D eigenvalue weighted by atomic mass is 35.5. The van der Waals surface area contributed by atoms with Gasteiger partial charge in [-0.05, 0) is 31.5 Å². The minimum Gasteiger partial charge on any atom is -0.370 e. The fourth-order valence-corrected chi connectivity index (χ4v) is 2.31. The Morgan fingerprint density at radius 3 is 2.65 bits per heavy atom. The molecule has 1 fully saturated rings. The lowest BCUT2D eigenvalue weighted by Gasteiger charge is -2.37. The Morgan fingerprint density at radius 1 is 1.40 bits per heavy atom. The summed E-state index contributed by atoms with van der Waals surface area (Å²) in [6.45, 7) is 5.21. The summed E-state index contributed by atoms with van der Waals surface area (Å²) in [5.41, 5.74) is 0.226. The molecule has 5 heteroatoms. The van der Waals surface area contributed by atoms with E-state index in [1.165, 1.54) is 0 Å². The third-order valence-corrected chi connectivity index (χ3v) is 3.87. The van der Waals surface area contributed by atoms with Crippen molar-refractivity contribution < 1.29 is 14.3 Å². The van der Waals surface area contributed by atoms with Gasteiger partial charge in [0, 0.05) is 18.7 Å². The van der Waals surface area contributed by atoms with Gasteiger partial charge < -0.3 is 14.4 Å². The number of amides is 1. The lowest BCUT2D eigenvalue weighted by Crippen LogP contribution is -2.51. The number of hydrogen-bond acceptors (Lipinski definition) is 3. The molecule has 1 aliphatic heterocycles. The quantitative estimate of drug-likeness (QED) is 0.861. The van der Waals surface area contributed by atoms with Gasteiger partial charge in [0.15, 0.2) is 0 Å². The SMILES string of the molecule is COC(C)(C)C(=O)N1CCOC(c2ccc(Cl)cc2)C1. The van der Waals surface area contributed by atoms with Crippen LogP contribution in [0.4, 0.5) is 0 Å². The molecule has 4 nitrogen and oxygen atoms in total. The van der Waals surface area contributed by atoms with Gasteiger partial charge in [0.1, 0.15) is 11.7 Å². The van der Waals surface area contributed by atoms with Crippen LogP contribution in [0.2, 0.25) is 5.02 Å². The molecule has 0 aliphatic carbocycles. The van der Waals surface area contributed by atoms with E-state index >= 15 is 0 Å². The zero-order chi connectivity index (χ0) is 14.8. The van der Waals surface area contributed by atoms with Crippen LogP contribution in [-0.4, -0.2) is 43.2 Å². The van der Waals surface area contributed by atoms with E-state index in [1.54, 1.807) is 25.9 Å². The molecule has 110 valence electrons. The predicted octanol–water partition coefficient (Wildman–Crippen LogP) is 2.66. The minimum atomic E-state index is -0.804. The smallest absolute Gasteiger partial charge is 0.254 e. The van der Waals surface area contributed by atoms with Crippen LogP contribution >= 0.6 is 11.6 Å². The molecular weight excluding hydrogens is 278 g/mol. The standard InChI is InChI=1S/C15H20ClNO3/c1-15(2,19-3)14(18)17-8-9-20-13(10-17)11-4-6-12(16)7-5-11/h4-7,13H,8-10H2,1-3H3. The molecule has 0 aromatic heterocycles. The molecule has 0 spiro atoms. The Kier molecular flexibility index (Phi) is 4.68. The van der Waals surface area contributed by atoms with E-state index in [0.29, 0.717) is 24.7 Å². The second kappa shape index (κ2) is 6.12. The van der Waals surface area contributed by atoms with Crippen LogP contribution in [0.25, 0.3) is 0 Å². The highest BCUT2D eigenvalue weighted by Crippen LogP contribution is 2.25. The van der Waals surface area contributed by atoms with Crippen molar-refractivity contribution in [3.63, 3.8) is 0 Å². The van der Waals surface area contributed by atoms with Crippen molar-refractivity contribution >= 4 is 17.5 Å². The maximum absolute atomic E-state index is 12.4. The largest absolute Gasteiger partial charge is 0.370 e. The third-order valence-electron chi connectivity index (χ3n) is 3.62.